The monoisotopic (exact) mass is 284 g/mol. The third-order valence-corrected chi connectivity index (χ3v) is 2.66. The molecule has 5 nitrogen and oxygen atoms in total. The van der Waals surface area contributed by atoms with Crippen molar-refractivity contribution in [2.75, 3.05) is 12.9 Å². The summed E-state index contributed by atoms with van der Waals surface area (Å²) < 4.78 is 31.1. The van der Waals surface area contributed by atoms with Gasteiger partial charge in [-0.15, -0.1) is 0 Å². The van der Waals surface area contributed by atoms with Crippen LogP contribution in [0.4, 0.5) is 0 Å². The first kappa shape index (κ1) is 15.4. The van der Waals surface area contributed by atoms with Crippen LogP contribution in [0.25, 0.3) is 6.08 Å². The Bertz CT molecular complexity index is 543. The molecule has 6 heteroatoms. The number of benzene rings is 1. The summed E-state index contributed by atoms with van der Waals surface area (Å²) in [5.41, 5.74) is 1.55. The molecule has 0 N–H and O–H groups in total. The average Bonchev–Trinajstić information content (AvgIpc) is 2.34. The SMILES string of the molecule is CCOC(=O)C=Cc1ccc(COS(C)(=O)=O)cc1. The van der Waals surface area contributed by atoms with E-state index in [0.29, 0.717) is 6.61 Å². The van der Waals surface area contributed by atoms with Gasteiger partial charge >= 0.3 is 5.97 Å². The third kappa shape index (κ3) is 6.73. The van der Waals surface area contributed by atoms with E-state index in [1.54, 1.807) is 37.3 Å². The van der Waals surface area contributed by atoms with Crippen LogP contribution in [0.2, 0.25) is 0 Å². The van der Waals surface area contributed by atoms with Crippen LogP contribution in [-0.4, -0.2) is 27.2 Å². The van der Waals surface area contributed by atoms with Gasteiger partial charge in [-0.3, -0.25) is 4.18 Å². The second-order valence-corrected chi connectivity index (χ2v) is 5.44. The van der Waals surface area contributed by atoms with Crippen LogP contribution in [0.5, 0.6) is 0 Å². The molecule has 19 heavy (non-hydrogen) atoms. The molecule has 0 aliphatic heterocycles. The summed E-state index contributed by atoms with van der Waals surface area (Å²) in [5, 5.41) is 0. The Labute approximate surface area is 113 Å². The predicted molar refractivity (Wildman–Crippen MR) is 71.7 cm³/mol. The van der Waals surface area contributed by atoms with Crippen molar-refractivity contribution in [3.8, 4) is 0 Å². The van der Waals surface area contributed by atoms with E-state index in [9.17, 15) is 13.2 Å². The lowest BCUT2D eigenvalue weighted by molar-refractivity contribution is -0.137. The lowest BCUT2D eigenvalue weighted by Gasteiger charge is -2.02. The zero-order valence-corrected chi connectivity index (χ0v) is 11.6. The number of ether oxygens (including phenoxy) is 1. The summed E-state index contributed by atoms with van der Waals surface area (Å²) in [6.45, 7) is 2.08. The second kappa shape index (κ2) is 7.06. The number of esters is 1. The highest BCUT2D eigenvalue weighted by molar-refractivity contribution is 7.85. The molecule has 0 heterocycles. The third-order valence-electron chi connectivity index (χ3n) is 2.12. The molecule has 0 fully saturated rings. The van der Waals surface area contributed by atoms with E-state index in [4.69, 9.17) is 4.74 Å². The number of hydrogen-bond donors (Lipinski definition) is 0. The summed E-state index contributed by atoms with van der Waals surface area (Å²) in [7, 11) is -3.44. The lowest BCUT2D eigenvalue weighted by atomic mass is 10.1. The van der Waals surface area contributed by atoms with E-state index >= 15 is 0 Å². The van der Waals surface area contributed by atoms with Crippen LogP contribution in [0.3, 0.4) is 0 Å². The molecular formula is C13H16O5S. The first-order valence-corrected chi connectivity index (χ1v) is 7.50. The van der Waals surface area contributed by atoms with Crippen molar-refractivity contribution < 1.29 is 22.1 Å². The van der Waals surface area contributed by atoms with Gasteiger partial charge in [0.05, 0.1) is 19.5 Å². The van der Waals surface area contributed by atoms with Gasteiger partial charge in [0.25, 0.3) is 10.1 Å². The van der Waals surface area contributed by atoms with Crippen molar-refractivity contribution in [2.45, 2.75) is 13.5 Å². The number of rotatable bonds is 6. The number of carbonyl (C=O) groups is 1. The van der Waals surface area contributed by atoms with E-state index in [2.05, 4.69) is 4.18 Å². The average molecular weight is 284 g/mol. The van der Waals surface area contributed by atoms with Gasteiger partial charge in [0, 0.05) is 6.08 Å². The molecule has 0 bridgehead atoms. The van der Waals surface area contributed by atoms with Crippen LogP contribution < -0.4 is 0 Å². The first-order valence-electron chi connectivity index (χ1n) is 5.69. The van der Waals surface area contributed by atoms with E-state index in [1.165, 1.54) is 6.08 Å². The minimum atomic E-state index is -3.44. The minimum absolute atomic E-state index is 0.000698. The quantitative estimate of drug-likeness (QED) is 0.452. The summed E-state index contributed by atoms with van der Waals surface area (Å²) in [6.07, 6.45) is 3.97. The van der Waals surface area contributed by atoms with E-state index in [1.807, 2.05) is 0 Å². The fourth-order valence-corrected chi connectivity index (χ4v) is 1.60. The highest BCUT2D eigenvalue weighted by Gasteiger charge is 2.02. The molecule has 0 atom stereocenters. The standard InChI is InChI=1S/C13H16O5S/c1-3-17-13(14)9-8-11-4-6-12(7-5-11)10-18-19(2,15)16/h4-9H,3,10H2,1-2H3. The number of hydrogen-bond acceptors (Lipinski definition) is 5. The Balaban J connectivity index is 2.59. The van der Waals surface area contributed by atoms with Gasteiger partial charge < -0.3 is 4.74 Å². The van der Waals surface area contributed by atoms with Gasteiger partial charge in [0.15, 0.2) is 0 Å². The smallest absolute Gasteiger partial charge is 0.330 e. The van der Waals surface area contributed by atoms with Crippen molar-refractivity contribution in [3.63, 3.8) is 0 Å². The van der Waals surface area contributed by atoms with Crippen LogP contribution >= 0.6 is 0 Å². The molecule has 0 spiro atoms. The predicted octanol–water partition coefficient (Wildman–Crippen LogP) is 1.74. The van der Waals surface area contributed by atoms with Crippen molar-refractivity contribution >= 4 is 22.2 Å². The molecule has 1 rings (SSSR count). The molecule has 1 aromatic carbocycles. The van der Waals surface area contributed by atoms with Gasteiger partial charge in [-0.05, 0) is 24.1 Å². The zero-order chi connectivity index (χ0) is 14.3. The van der Waals surface area contributed by atoms with E-state index in [-0.39, 0.29) is 6.61 Å². The largest absolute Gasteiger partial charge is 0.463 e. The maximum atomic E-state index is 11.1. The summed E-state index contributed by atoms with van der Waals surface area (Å²) >= 11 is 0. The van der Waals surface area contributed by atoms with Crippen molar-refractivity contribution in [2.24, 2.45) is 0 Å². The topological polar surface area (TPSA) is 69.7 Å². The molecule has 1 aromatic rings. The Hall–Kier alpha value is -1.66. The Morgan fingerprint density at radius 1 is 1.26 bits per heavy atom. The molecule has 0 saturated carbocycles. The molecule has 0 aromatic heterocycles. The van der Waals surface area contributed by atoms with Gasteiger partial charge in [0.1, 0.15) is 0 Å². The van der Waals surface area contributed by atoms with Crippen LogP contribution in [0, 0.1) is 0 Å². The van der Waals surface area contributed by atoms with Crippen molar-refractivity contribution in [1.82, 2.24) is 0 Å². The minimum Gasteiger partial charge on any atom is -0.463 e. The molecule has 0 radical (unpaired) electrons. The molecule has 0 unspecified atom stereocenters. The molecule has 0 aliphatic carbocycles. The maximum absolute atomic E-state index is 11.1. The normalized spacial score (nSPS) is 11.7. The fourth-order valence-electron chi connectivity index (χ4n) is 1.25. The van der Waals surface area contributed by atoms with Crippen LogP contribution in [0.1, 0.15) is 18.1 Å². The summed E-state index contributed by atoms with van der Waals surface area (Å²) in [5.74, 6) is -0.396. The van der Waals surface area contributed by atoms with Crippen molar-refractivity contribution in [3.05, 3.63) is 41.5 Å². The highest BCUT2D eigenvalue weighted by atomic mass is 32.2. The Kier molecular flexibility index (Phi) is 5.72. The van der Waals surface area contributed by atoms with Crippen LogP contribution in [-0.2, 0) is 30.4 Å². The van der Waals surface area contributed by atoms with Crippen LogP contribution in [0.15, 0.2) is 30.3 Å². The lowest BCUT2D eigenvalue weighted by Crippen LogP contribution is -2.02. The second-order valence-electron chi connectivity index (χ2n) is 3.79. The van der Waals surface area contributed by atoms with Gasteiger partial charge in [0.2, 0.25) is 0 Å². The molecular weight excluding hydrogens is 268 g/mol. The summed E-state index contributed by atoms with van der Waals surface area (Å²) in [4.78, 5) is 11.1. The molecule has 0 amide bonds. The molecule has 104 valence electrons. The molecule has 0 aliphatic rings. The van der Waals surface area contributed by atoms with E-state index < -0.39 is 16.1 Å². The van der Waals surface area contributed by atoms with Gasteiger partial charge in [-0.25, -0.2) is 4.79 Å². The van der Waals surface area contributed by atoms with Gasteiger partial charge in [-0.1, -0.05) is 24.3 Å². The zero-order valence-electron chi connectivity index (χ0n) is 10.8. The summed E-state index contributed by atoms with van der Waals surface area (Å²) in [6, 6.07) is 6.99. The van der Waals surface area contributed by atoms with E-state index in [0.717, 1.165) is 17.4 Å². The first-order chi connectivity index (χ1) is 8.90. The van der Waals surface area contributed by atoms with Gasteiger partial charge in [-0.2, -0.15) is 8.42 Å². The Morgan fingerprint density at radius 2 is 1.89 bits per heavy atom. The highest BCUT2D eigenvalue weighted by Crippen LogP contribution is 2.08. The van der Waals surface area contributed by atoms with Crippen molar-refractivity contribution in [1.29, 1.82) is 0 Å². The maximum Gasteiger partial charge on any atom is 0.330 e. The number of carbonyl (C=O) groups excluding carboxylic acids is 1. The molecule has 0 saturated heterocycles. The fraction of sp³-hybridized carbons (Fsp3) is 0.308. The Morgan fingerprint density at radius 3 is 2.42 bits per heavy atom.